The van der Waals surface area contributed by atoms with E-state index in [1.807, 2.05) is 19.1 Å². The van der Waals surface area contributed by atoms with Gasteiger partial charge in [0.25, 0.3) is 0 Å². The van der Waals surface area contributed by atoms with Crippen molar-refractivity contribution >= 4 is 52.3 Å². The van der Waals surface area contributed by atoms with Crippen LogP contribution in [0, 0.1) is 18.8 Å². The molecule has 8 heteroatoms. The number of nitrogens with zero attached hydrogens (tertiary/aromatic N) is 1. The summed E-state index contributed by atoms with van der Waals surface area (Å²) in [5.74, 6) is -4.96. The number of fused-ring (bicyclic) bond motifs is 3. The maximum absolute atomic E-state index is 13.9. The number of amides is 2. The Morgan fingerprint density at radius 3 is 2.09 bits per heavy atom. The second kappa shape index (κ2) is 7.59. The van der Waals surface area contributed by atoms with Gasteiger partial charge in [0.2, 0.25) is 29.0 Å². The molecule has 3 aliphatic rings. The highest BCUT2D eigenvalue weighted by molar-refractivity contribution is 6.40. The summed E-state index contributed by atoms with van der Waals surface area (Å²) < 4.78 is 6.26. The molecule has 2 fully saturated rings. The number of rotatable bonds is 2. The number of hydrogen-bond donors (Lipinski definition) is 0. The van der Waals surface area contributed by atoms with E-state index in [0.29, 0.717) is 5.56 Å². The van der Waals surface area contributed by atoms with Crippen LogP contribution in [-0.2, 0) is 14.3 Å². The number of ether oxygens (including phenoxy) is 1. The van der Waals surface area contributed by atoms with Crippen LogP contribution in [0.15, 0.2) is 66.7 Å². The zero-order chi connectivity index (χ0) is 24.6. The minimum atomic E-state index is -2.13. The van der Waals surface area contributed by atoms with E-state index in [1.165, 1.54) is 24.3 Å². The molecule has 0 bridgehead atoms. The minimum Gasteiger partial charge on any atom is -0.349 e. The molecule has 2 saturated heterocycles. The first-order valence-corrected chi connectivity index (χ1v) is 11.8. The van der Waals surface area contributed by atoms with Gasteiger partial charge in [0.15, 0.2) is 0 Å². The monoisotopic (exact) mass is 505 g/mol. The largest absolute Gasteiger partial charge is 0.349 e. The van der Waals surface area contributed by atoms with Crippen molar-refractivity contribution in [2.75, 3.05) is 4.90 Å². The number of imide groups is 1. The van der Waals surface area contributed by atoms with Gasteiger partial charge in [-0.15, -0.1) is 0 Å². The molecule has 1 aliphatic carbocycles. The number of Topliss-reactive ketones (excluding diaryl/α,β-unsaturated/α-hetero) is 2. The van der Waals surface area contributed by atoms with E-state index in [9.17, 15) is 19.2 Å². The van der Waals surface area contributed by atoms with Crippen LogP contribution in [0.3, 0.4) is 0 Å². The molecule has 0 radical (unpaired) electrons. The molecule has 2 heterocycles. The number of anilines is 1. The Kier molecular flexibility index (Phi) is 4.81. The van der Waals surface area contributed by atoms with Gasteiger partial charge in [0.1, 0.15) is 0 Å². The molecule has 174 valence electrons. The number of hydrogen-bond acceptors (Lipinski definition) is 5. The zero-order valence-corrected chi connectivity index (χ0v) is 19.8. The molecule has 3 aromatic rings. The molecule has 0 unspecified atom stereocenters. The summed E-state index contributed by atoms with van der Waals surface area (Å²) in [6, 6.07) is 18.1. The van der Waals surface area contributed by atoms with Crippen molar-refractivity contribution in [3.8, 4) is 0 Å². The first kappa shape index (κ1) is 22.2. The molecule has 0 aromatic heterocycles. The average molecular weight is 506 g/mol. The lowest BCUT2D eigenvalue weighted by atomic mass is 9.77. The van der Waals surface area contributed by atoms with Crippen molar-refractivity contribution in [2.45, 2.75) is 18.6 Å². The van der Waals surface area contributed by atoms with Crippen LogP contribution in [0.2, 0.25) is 10.0 Å². The van der Waals surface area contributed by atoms with E-state index in [-0.39, 0.29) is 26.9 Å². The Morgan fingerprint density at radius 1 is 0.829 bits per heavy atom. The van der Waals surface area contributed by atoms with E-state index >= 15 is 0 Å². The molecule has 3 aromatic carbocycles. The molecule has 2 amide bonds. The maximum atomic E-state index is 13.9. The number of benzene rings is 3. The molecule has 6 rings (SSSR count). The third-order valence-corrected chi connectivity index (χ3v) is 7.63. The molecule has 35 heavy (non-hydrogen) atoms. The molecule has 1 spiro atoms. The Bertz CT molecular complexity index is 1430. The number of ketones is 2. The van der Waals surface area contributed by atoms with Gasteiger partial charge in [-0.3, -0.25) is 19.2 Å². The predicted octanol–water partition coefficient (Wildman–Crippen LogP) is 5.00. The van der Waals surface area contributed by atoms with Crippen molar-refractivity contribution in [3.63, 3.8) is 0 Å². The molecule has 0 saturated carbocycles. The average Bonchev–Trinajstić information content (AvgIpc) is 3.41. The van der Waals surface area contributed by atoms with Gasteiger partial charge < -0.3 is 4.74 Å². The predicted molar refractivity (Wildman–Crippen MR) is 129 cm³/mol. The molecular formula is C27H17Cl2NO5. The van der Waals surface area contributed by atoms with Crippen molar-refractivity contribution in [2.24, 2.45) is 11.8 Å². The summed E-state index contributed by atoms with van der Waals surface area (Å²) in [5, 5.41) is 0.425. The smallest absolute Gasteiger partial charge is 0.241 e. The highest BCUT2D eigenvalue weighted by atomic mass is 35.5. The Hall–Kier alpha value is -3.32. The normalized spacial score (nSPS) is 24.4. The lowest BCUT2D eigenvalue weighted by Gasteiger charge is -2.27. The fourth-order valence-electron chi connectivity index (χ4n) is 5.47. The van der Waals surface area contributed by atoms with Crippen LogP contribution in [-0.4, -0.2) is 29.0 Å². The van der Waals surface area contributed by atoms with Crippen molar-refractivity contribution in [1.29, 1.82) is 0 Å². The summed E-state index contributed by atoms with van der Waals surface area (Å²) in [7, 11) is 0. The van der Waals surface area contributed by atoms with Gasteiger partial charge >= 0.3 is 0 Å². The standard InChI is InChI=1S/C27H17Cl2NO5/c1-13-6-8-14(9-7-13)22-20-21(26(34)30(25(20)33)19-12-15(28)10-11-18(19)29)27(35-22)23(31)16-4-2-3-5-17(16)24(27)32/h2-12,20-22H,1H3/t20-,21-,22+/m1/s1. The first-order valence-electron chi connectivity index (χ1n) is 11.0. The van der Waals surface area contributed by atoms with Crippen LogP contribution >= 0.6 is 23.2 Å². The third-order valence-electron chi connectivity index (χ3n) is 7.07. The van der Waals surface area contributed by atoms with Crippen molar-refractivity contribution in [3.05, 3.63) is 99.0 Å². The van der Waals surface area contributed by atoms with Crippen molar-refractivity contribution in [1.82, 2.24) is 0 Å². The zero-order valence-electron chi connectivity index (χ0n) is 18.3. The summed E-state index contributed by atoms with van der Waals surface area (Å²) >= 11 is 12.5. The third kappa shape index (κ3) is 2.88. The van der Waals surface area contributed by atoms with Crippen molar-refractivity contribution < 1.29 is 23.9 Å². The topological polar surface area (TPSA) is 80.8 Å². The van der Waals surface area contributed by atoms with Gasteiger partial charge in [0.05, 0.1) is 28.6 Å². The van der Waals surface area contributed by atoms with E-state index < -0.39 is 46.9 Å². The number of carbonyl (C=O) groups excluding carboxylic acids is 4. The highest BCUT2D eigenvalue weighted by Gasteiger charge is 2.74. The summed E-state index contributed by atoms with van der Waals surface area (Å²) in [6.07, 6.45) is -0.984. The fourth-order valence-corrected chi connectivity index (χ4v) is 5.84. The summed E-state index contributed by atoms with van der Waals surface area (Å²) in [5.41, 5.74) is -0.0765. The van der Waals surface area contributed by atoms with Crippen LogP contribution in [0.5, 0.6) is 0 Å². The molecule has 0 N–H and O–H groups in total. The van der Waals surface area contributed by atoms with E-state index in [1.54, 1.807) is 30.3 Å². The lowest BCUT2D eigenvalue weighted by Crippen LogP contribution is -2.51. The highest BCUT2D eigenvalue weighted by Crippen LogP contribution is 2.58. The lowest BCUT2D eigenvalue weighted by molar-refractivity contribution is -0.127. The molecule has 3 atom stereocenters. The summed E-state index contributed by atoms with van der Waals surface area (Å²) in [6.45, 7) is 1.91. The minimum absolute atomic E-state index is 0.108. The quantitative estimate of drug-likeness (QED) is 0.361. The van der Waals surface area contributed by atoms with Gasteiger partial charge in [0, 0.05) is 16.1 Å². The number of halogens is 2. The second-order valence-corrected chi connectivity index (χ2v) is 9.84. The number of aryl methyl sites for hydroxylation is 1. The second-order valence-electron chi connectivity index (χ2n) is 9.00. The SMILES string of the molecule is Cc1ccc([C@@H]2OC3(C(=O)c4ccccc4C3=O)[C@H]3C(=O)N(c4cc(Cl)ccc4Cl)C(=O)[C@@H]23)cc1. The van der Waals surface area contributed by atoms with E-state index in [2.05, 4.69) is 0 Å². The first-order chi connectivity index (χ1) is 16.8. The molecular weight excluding hydrogens is 489 g/mol. The Balaban J connectivity index is 1.56. The molecule has 2 aliphatic heterocycles. The summed E-state index contributed by atoms with van der Waals surface area (Å²) in [4.78, 5) is 56.2. The fraction of sp³-hybridized carbons (Fsp3) is 0.185. The number of carbonyl (C=O) groups is 4. The Morgan fingerprint density at radius 2 is 1.46 bits per heavy atom. The van der Waals surface area contributed by atoms with Gasteiger partial charge in [-0.05, 0) is 30.7 Å². The van der Waals surface area contributed by atoms with Gasteiger partial charge in [-0.1, -0.05) is 77.3 Å². The maximum Gasteiger partial charge on any atom is 0.241 e. The molecule has 6 nitrogen and oxygen atoms in total. The van der Waals surface area contributed by atoms with Crippen LogP contribution < -0.4 is 4.90 Å². The Labute approximate surface area is 210 Å². The van der Waals surface area contributed by atoms with E-state index in [0.717, 1.165) is 10.5 Å². The van der Waals surface area contributed by atoms with Crippen LogP contribution in [0.25, 0.3) is 0 Å². The van der Waals surface area contributed by atoms with Gasteiger partial charge in [-0.25, -0.2) is 4.90 Å². The van der Waals surface area contributed by atoms with Crippen LogP contribution in [0.4, 0.5) is 5.69 Å². The van der Waals surface area contributed by atoms with Gasteiger partial charge in [-0.2, -0.15) is 0 Å². The van der Waals surface area contributed by atoms with Crippen LogP contribution in [0.1, 0.15) is 37.9 Å². The van der Waals surface area contributed by atoms with E-state index in [4.69, 9.17) is 27.9 Å².